The van der Waals surface area contributed by atoms with Crippen LogP contribution < -0.4 is 4.74 Å². The molecular weight excluding hydrogens is 183 g/mol. The van der Waals surface area contributed by atoms with Crippen LogP contribution >= 0.6 is 0 Å². The Bertz CT molecular complexity index is 359. The lowest BCUT2D eigenvalue weighted by molar-refractivity contribution is 0.0984. The van der Waals surface area contributed by atoms with Crippen molar-refractivity contribution in [1.82, 2.24) is 0 Å². The lowest BCUT2D eigenvalue weighted by atomic mass is 10.0. The quantitative estimate of drug-likeness (QED) is 0.695. The van der Waals surface area contributed by atoms with Crippen molar-refractivity contribution in [3.05, 3.63) is 29.1 Å². The van der Waals surface area contributed by atoms with E-state index in [2.05, 4.69) is 0 Å². The second-order valence-electron chi connectivity index (χ2n) is 3.03. The summed E-state index contributed by atoms with van der Waals surface area (Å²) in [5.41, 5.74) is 0.714. The third-order valence-corrected chi connectivity index (χ3v) is 2.18. The van der Waals surface area contributed by atoms with Crippen LogP contribution in [0.4, 0.5) is 4.39 Å². The van der Waals surface area contributed by atoms with Gasteiger partial charge >= 0.3 is 0 Å². The number of carbonyl (C=O) groups excluding carboxylic acids is 1. The monoisotopic (exact) mass is 196 g/mol. The van der Waals surface area contributed by atoms with Crippen LogP contribution in [0.15, 0.2) is 12.1 Å². The number of rotatable bonds is 3. The summed E-state index contributed by atoms with van der Waals surface area (Å²) < 4.78 is 18.2. The highest BCUT2D eigenvalue weighted by molar-refractivity contribution is 5.99. The molecule has 0 unspecified atom stereocenters. The van der Waals surface area contributed by atoms with Crippen LogP contribution in [0.2, 0.25) is 0 Å². The van der Waals surface area contributed by atoms with E-state index in [-0.39, 0.29) is 11.6 Å². The summed E-state index contributed by atoms with van der Waals surface area (Å²) in [6, 6.07) is 2.78. The van der Waals surface area contributed by atoms with Gasteiger partial charge in [-0.05, 0) is 24.6 Å². The molecule has 0 saturated carbocycles. The summed E-state index contributed by atoms with van der Waals surface area (Å²) in [6.07, 6.45) is 0.348. The molecule has 0 fully saturated rings. The first-order valence-corrected chi connectivity index (χ1v) is 4.48. The van der Waals surface area contributed by atoms with Crippen molar-refractivity contribution in [3.63, 3.8) is 0 Å². The van der Waals surface area contributed by atoms with Crippen LogP contribution in [0.5, 0.6) is 5.75 Å². The van der Waals surface area contributed by atoms with Crippen LogP contribution in [-0.4, -0.2) is 12.9 Å². The summed E-state index contributed by atoms with van der Waals surface area (Å²) in [5, 5.41) is 0. The van der Waals surface area contributed by atoms with Crippen LogP contribution in [0, 0.1) is 12.7 Å². The Hall–Kier alpha value is -1.38. The molecule has 0 atom stereocenters. The standard InChI is InChI=1S/C11H13FO2/c1-4-9(13)11-7(2)8(12)5-6-10(11)14-3/h5-6H,4H2,1-3H3. The first-order valence-electron chi connectivity index (χ1n) is 4.48. The van der Waals surface area contributed by atoms with Gasteiger partial charge in [0.15, 0.2) is 5.78 Å². The SMILES string of the molecule is CCC(=O)c1c(OC)ccc(F)c1C. The van der Waals surface area contributed by atoms with E-state index >= 15 is 0 Å². The number of ketones is 1. The average Bonchev–Trinajstić information content (AvgIpc) is 2.20. The van der Waals surface area contributed by atoms with Gasteiger partial charge in [0.25, 0.3) is 0 Å². The van der Waals surface area contributed by atoms with Crippen molar-refractivity contribution in [2.75, 3.05) is 7.11 Å². The molecule has 0 aliphatic heterocycles. The van der Waals surface area contributed by atoms with E-state index in [0.29, 0.717) is 23.3 Å². The molecule has 0 N–H and O–H groups in total. The highest BCUT2D eigenvalue weighted by Crippen LogP contribution is 2.25. The van der Waals surface area contributed by atoms with Crippen molar-refractivity contribution < 1.29 is 13.9 Å². The molecular formula is C11H13FO2. The van der Waals surface area contributed by atoms with E-state index in [1.165, 1.54) is 19.2 Å². The smallest absolute Gasteiger partial charge is 0.166 e. The maximum Gasteiger partial charge on any atom is 0.166 e. The molecule has 0 heterocycles. The van der Waals surface area contributed by atoms with Crippen LogP contribution in [-0.2, 0) is 0 Å². The summed E-state index contributed by atoms with van der Waals surface area (Å²) in [7, 11) is 1.47. The molecule has 1 aromatic carbocycles. The summed E-state index contributed by atoms with van der Waals surface area (Å²) in [4.78, 5) is 11.5. The maximum absolute atomic E-state index is 13.2. The van der Waals surface area contributed by atoms with Gasteiger partial charge in [0.2, 0.25) is 0 Å². The lowest BCUT2D eigenvalue weighted by Gasteiger charge is -2.10. The van der Waals surface area contributed by atoms with E-state index in [9.17, 15) is 9.18 Å². The van der Waals surface area contributed by atoms with Crippen LogP contribution in [0.1, 0.15) is 29.3 Å². The second kappa shape index (κ2) is 4.22. The molecule has 3 heteroatoms. The summed E-state index contributed by atoms with van der Waals surface area (Å²) in [6.45, 7) is 3.33. The van der Waals surface area contributed by atoms with Gasteiger partial charge in [0, 0.05) is 6.42 Å². The van der Waals surface area contributed by atoms with Gasteiger partial charge in [-0.1, -0.05) is 6.92 Å². The molecule has 0 radical (unpaired) electrons. The molecule has 0 aliphatic carbocycles. The Morgan fingerprint density at radius 2 is 2.14 bits per heavy atom. The highest BCUT2D eigenvalue weighted by atomic mass is 19.1. The zero-order valence-corrected chi connectivity index (χ0v) is 8.56. The maximum atomic E-state index is 13.2. The van der Waals surface area contributed by atoms with Gasteiger partial charge < -0.3 is 4.74 Å². The van der Waals surface area contributed by atoms with Crippen LogP contribution in [0.25, 0.3) is 0 Å². The minimum absolute atomic E-state index is 0.0983. The second-order valence-corrected chi connectivity index (χ2v) is 3.03. The normalized spacial score (nSPS) is 10.0. The molecule has 1 aromatic rings. The number of ether oxygens (including phenoxy) is 1. The minimum atomic E-state index is -0.373. The first kappa shape index (κ1) is 10.7. The number of Topliss-reactive ketones (excluding diaryl/α,β-unsaturated/α-hetero) is 1. The minimum Gasteiger partial charge on any atom is -0.496 e. The van der Waals surface area contributed by atoms with Gasteiger partial charge in [-0.15, -0.1) is 0 Å². The van der Waals surface area contributed by atoms with E-state index in [1.54, 1.807) is 13.8 Å². The fourth-order valence-corrected chi connectivity index (χ4v) is 1.35. The zero-order chi connectivity index (χ0) is 10.7. The molecule has 0 bridgehead atoms. The van der Waals surface area contributed by atoms with E-state index in [1.807, 2.05) is 0 Å². The largest absolute Gasteiger partial charge is 0.496 e. The molecule has 0 aromatic heterocycles. The van der Waals surface area contributed by atoms with Gasteiger partial charge in [-0.3, -0.25) is 4.79 Å². The lowest BCUT2D eigenvalue weighted by Crippen LogP contribution is -2.05. The number of benzene rings is 1. The Labute approximate surface area is 82.7 Å². The Morgan fingerprint density at radius 3 is 2.64 bits per heavy atom. The summed E-state index contributed by atoms with van der Waals surface area (Å²) >= 11 is 0. The predicted molar refractivity (Wildman–Crippen MR) is 52.3 cm³/mol. The van der Waals surface area contributed by atoms with Crippen molar-refractivity contribution in [2.24, 2.45) is 0 Å². The fourth-order valence-electron chi connectivity index (χ4n) is 1.35. The molecule has 2 nitrogen and oxygen atoms in total. The molecule has 0 spiro atoms. The molecule has 1 rings (SSSR count). The Morgan fingerprint density at radius 1 is 1.50 bits per heavy atom. The predicted octanol–water partition coefficient (Wildman–Crippen LogP) is 2.74. The van der Waals surface area contributed by atoms with Gasteiger partial charge in [0.1, 0.15) is 11.6 Å². The van der Waals surface area contributed by atoms with Gasteiger partial charge in [0.05, 0.1) is 12.7 Å². The topological polar surface area (TPSA) is 26.3 Å². The highest BCUT2D eigenvalue weighted by Gasteiger charge is 2.16. The fraction of sp³-hybridized carbons (Fsp3) is 0.364. The van der Waals surface area contributed by atoms with Crippen molar-refractivity contribution in [1.29, 1.82) is 0 Å². The van der Waals surface area contributed by atoms with E-state index < -0.39 is 0 Å². The Kier molecular flexibility index (Phi) is 3.23. The third kappa shape index (κ3) is 1.76. The molecule has 0 amide bonds. The zero-order valence-electron chi connectivity index (χ0n) is 8.56. The number of hydrogen-bond donors (Lipinski definition) is 0. The molecule has 14 heavy (non-hydrogen) atoms. The van der Waals surface area contributed by atoms with Crippen molar-refractivity contribution in [3.8, 4) is 5.75 Å². The molecule has 76 valence electrons. The van der Waals surface area contributed by atoms with E-state index in [0.717, 1.165) is 0 Å². The first-order chi connectivity index (χ1) is 6.61. The third-order valence-electron chi connectivity index (χ3n) is 2.18. The number of carbonyl (C=O) groups is 1. The molecule has 0 aliphatic rings. The van der Waals surface area contributed by atoms with E-state index in [4.69, 9.17) is 4.74 Å². The van der Waals surface area contributed by atoms with Crippen molar-refractivity contribution in [2.45, 2.75) is 20.3 Å². The van der Waals surface area contributed by atoms with Crippen molar-refractivity contribution >= 4 is 5.78 Å². The number of halogens is 1. The van der Waals surface area contributed by atoms with Gasteiger partial charge in [-0.2, -0.15) is 0 Å². The summed E-state index contributed by atoms with van der Waals surface area (Å²) in [5.74, 6) is -0.0304. The molecule has 0 saturated heterocycles. The number of hydrogen-bond acceptors (Lipinski definition) is 2. The average molecular weight is 196 g/mol. The van der Waals surface area contributed by atoms with Crippen LogP contribution in [0.3, 0.4) is 0 Å². The Balaban J connectivity index is 3.35. The van der Waals surface area contributed by atoms with Gasteiger partial charge in [-0.25, -0.2) is 4.39 Å². The number of methoxy groups -OCH3 is 1.